The van der Waals surface area contributed by atoms with Gasteiger partial charge in [-0.2, -0.15) is 0 Å². The van der Waals surface area contributed by atoms with Crippen molar-refractivity contribution in [2.45, 2.75) is 32.1 Å². The van der Waals surface area contributed by atoms with E-state index in [4.69, 9.17) is 4.74 Å². The summed E-state index contributed by atoms with van der Waals surface area (Å²) in [6.45, 7) is 0. The Bertz CT molecular complexity index is 379. The lowest BCUT2D eigenvalue weighted by molar-refractivity contribution is -0.146. The molecule has 17 heavy (non-hydrogen) atoms. The molecule has 0 unspecified atom stereocenters. The second-order valence-electron chi connectivity index (χ2n) is 4.94. The van der Waals surface area contributed by atoms with Crippen LogP contribution in [0.15, 0.2) is 12.5 Å². The average molecular weight is 236 g/mol. The maximum absolute atomic E-state index is 11.4. The lowest BCUT2D eigenvalue weighted by atomic mass is 9.80. The van der Waals surface area contributed by atoms with Crippen LogP contribution < -0.4 is 0 Å². The van der Waals surface area contributed by atoms with Gasteiger partial charge in [-0.3, -0.25) is 4.79 Å². The molecule has 0 spiro atoms. The van der Waals surface area contributed by atoms with E-state index in [-0.39, 0.29) is 11.9 Å². The van der Waals surface area contributed by atoms with Crippen LogP contribution in [0.3, 0.4) is 0 Å². The summed E-state index contributed by atoms with van der Waals surface area (Å²) in [4.78, 5) is 15.5. The fourth-order valence-corrected chi connectivity index (χ4v) is 2.65. The van der Waals surface area contributed by atoms with Crippen LogP contribution in [0.2, 0.25) is 0 Å². The van der Waals surface area contributed by atoms with Crippen LogP contribution in [0.25, 0.3) is 0 Å². The van der Waals surface area contributed by atoms with Gasteiger partial charge in [-0.25, -0.2) is 4.98 Å². The summed E-state index contributed by atoms with van der Waals surface area (Å²) in [6.07, 6.45) is 9.02. The maximum Gasteiger partial charge on any atom is 0.308 e. The van der Waals surface area contributed by atoms with Crippen molar-refractivity contribution in [3.8, 4) is 0 Å². The second-order valence-corrected chi connectivity index (χ2v) is 4.94. The Morgan fingerprint density at radius 3 is 2.71 bits per heavy atom. The van der Waals surface area contributed by atoms with Crippen LogP contribution in [0.4, 0.5) is 0 Å². The Morgan fingerprint density at radius 1 is 1.47 bits per heavy atom. The first kappa shape index (κ1) is 12.1. The third kappa shape index (κ3) is 2.87. The number of nitrogens with zero attached hydrogens (tertiary/aromatic N) is 2. The van der Waals surface area contributed by atoms with Crippen LogP contribution in [-0.4, -0.2) is 22.6 Å². The van der Waals surface area contributed by atoms with E-state index >= 15 is 0 Å². The quantitative estimate of drug-likeness (QED) is 0.753. The lowest BCUT2D eigenvalue weighted by Crippen LogP contribution is -2.24. The van der Waals surface area contributed by atoms with Gasteiger partial charge in [-0.1, -0.05) is 0 Å². The molecule has 0 radical (unpaired) electrons. The lowest BCUT2D eigenvalue weighted by Gasteiger charge is -2.26. The Labute approximate surface area is 102 Å². The topological polar surface area (TPSA) is 44.1 Å². The summed E-state index contributed by atoms with van der Waals surface area (Å²) in [5.41, 5.74) is 1.28. The number of carbonyl (C=O) groups excluding carboxylic acids is 1. The van der Waals surface area contributed by atoms with E-state index < -0.39 is 0 Å². The number of carbonyl (C=O) groups is 1. The molecule has 0 bridgehead atoms. The average Bonchev–Trinajstić information content (AvgIpc) is 2.75. The van der Waals surface area contributed by atoms with Crippen molar-refractivity contribution in [3.63, 3.8) is 0 Å². The molecular formula is C13H20N2O2. The zero-order valence-corrected chi connectivity index (χ0v) is 10.6. The van der Waals surface area contributed by atoms with E-state index in [1.165, 1.54) is 12.8 Å². The van der Waals surface area contributed by atoms with Gasteiger partial charge in [0.25, 0.3) is 0 Å². The SMILES string of the molecule is COC(=O)[C@H]1CC[C@H](Cc2cncn2C)CC1. The van der Waals surface area contributed by atoms with Crippen LogP contribution in [0.1, 0.15) is 31.4 Å². The minimum Gasteiger partial charge on any atom is -0.469 e. The van der Waals surface area contributed by atoms with Gasteiger partial charge in [0.1, 0.15) is 0 Å². The summed E-state index contributed by atoms with van der Waals surface area (Å²) in [6, 6.07) is 0. The molecule has 4 nitrogen and oxygen atoms in total. The standard InChI is InChI=1S/C13H20N2O2/c1-15-9-14-8-12(15)7-10-3-5-11(6-4-10)13(16)17-2/h8-11H,3-7H2,1-2H3/t10-,11-. The normalized spacial score (nSPS) is 24.6. The van der Waals surface area contributed by atoms with Crippen LogP contribution in [-0.2, 0) is 23.0 Å². The molecule has 1 aromatic heterocycles. The van der Waals surface area contributed by atoms with Crippen molar-refractivity contribution < 1.29 is 9.53 Å². The molecule has 1 heterocycles. The molecule has 1 saturated carbocycles. The smallest absolute Gasteiger partial charge is 0.308 e. The molecule has 1 aromatic rings. The molecule has 1 aliphatic rings. The van der Waals surface area contributed by atoms with Gasteiger partial charge >= 0.3 is 5.97 Å². The molecule has 94 valence electrons. The molecule has 0 aliphatic heterocycles. The number of methoxy groups -OCH3 is 1. The highest BCUT2D eigenvalue weighted by atomic mass is 16.5. The fraction of sp³-hybridized carbons (Fsp3) is 0.692. The molecule has 0 atom stereocenters. The molecule has 1 fully saturated rings. The van der Waals surface area contributed by atoms with Gasteiger partial charge < -0.3 is 9.30 Å². The number of hydrogen-bond donors (Lipinski definition) is 0. The van der Waals surface area contributed by atoms with Crippen molar-refractivity contribution in [1.82, 2.24) is 9.55 Å². The zero-order valence-electron chi connectivity index (χ0n) is 10.6. The fourth-order valence-electron chi connectivity index (χ4n) is 2.65. The molecule has 1 aliphatic carbocycles. The molecule has 0 saturated heterocycles. The van der Waals surface area contributed by atoms with E-state index in [0.29, 0.717) is 5.92 Å². The van der Waals surface area contributed by atoms with E-state index in [9.17, 15) is 4.79 Å². The minimum absolute atomic E-state index is 0.0380. The Hall–Kier alpha value is -1.32. The third-order valence-corrected chi connectivity index (χ3v) is 3.80. The first-order valence-electron chi connectivity index (χ1n) is 6.23. The van der Waals surface area contributed by atoms with E-state index in [0.717, 1.165) is 32.1 Å². The Balaban J connectivity index is 1.83. The van der Waals surface area contributed by atoms with Crippen molar-refractivity contribution in [1.29, 1.82) is 0 Å². The number of aromatic nitrogens is 2. The van der Waals surface area contributed by atoms with Crippen molar-refractivity contribution in [3.05, 3.63) is 18.2 Å². The van der Waals surface area contributed by atoms with Crippen molar-refractivity contribution >= 4 is 5.97 Å². The van der Waals surface area contributed by atoms with Crippen LogP contribution in [0, 0.1) is 11.8 Å². The molecule has 0 amide bonds. The minimum atomic E-state index is -0.0380. The van der Waals surface area contributed by atoms with Gasteiger partial charge in [0.2, 0.25) is 0 Å². The van der Waals surface area contributed by atoms with Crippen molar-refractivity contribution in [2.75, 3.05) is 7.11 Å². The zero-order chi connectivity index (χ0) is 12.3. The monoisotopic (exact) mass is 236 g/mol. The summed E-state index contributed by atoms with van der Waals surface area (Å²) < 4.78 is 6.87. The summed E-state index contributed by atoms with van der Waals surface area (Å²) in [5, 5.41) is 0. The molecule has 4 heteroatoms. The third-order valence-electron chi connectivity index (χ3n) is 3.80. The molecular weight excluding hydrogens is 216 g/mol. The highest BCUT2D eigenvalue weighted by Crippen LogP contribution is 2.31. The van der Waals surface area contributed by atoms with E-state index in [1.807, 2.05) is 19.6 Å². The number of ether oxygens (including phenoxy) is 1. The van der Waals surface area contributed by atoms with Gasteiger partial charge in [-0.15, -0.1) is 0 Å². The van der Waals surface area contributed by atoms with Crippen LogP contribution >= 0.6 is 0 Å². The van der Waals surface area contributed by atoms with Gasteiger partial charge in [0.15, 0.2) is 0 Å². The van der Waals surface area contributed by atoms with E-state index in [1.54, 1.807) is 0 Å². The predicted octanol–water partition coefficient (Wildman–Crippen LogP) is 1.94. The number of rotatable bonds is 3. The van der Waals surface area contributed by atoms with Crippen molar-refractivity contribution in [2.24, 2.45) is 18.9 Å². The summed E-state index contributed by atoms with van der Waals surface area (Å²) in [5.74, 6) is 0.776. The number of hydrogen-bond acceptors (Lipinski definition) is 3. The van der Waals surface area contributed by atoms with Crippen LogP contribution in [0.5, 0.6) is 0 Å². The largest absolute Gasteiger partial charge is 0.469 e. The highest BCUT2D eigenvalue weighted by Gasteiger charge is 2.27. The maximum atomic E-state index is 11.4. The number of aryl methyl sites for hydroxylation is 1. The van der Waals surface area contributed by atoms with E-state index in [2.05, 4.69) is 9.55 Å². The molecule has 0 N–H and O–H groups in total. The summed E-state index contributed by atoms with van der Waals surface area (Å²) in [7, 11) is 3.51. The molecule has 0 aromatic carbocycles. The van der Waals surface area contributed by atoms with Gasteiger partial charge in [0, 0.05) is 18.9 Å². The summed E-state index contributed by atoms with van der Waals surface area (Å²) >= 11 is 0. The Kier molecular flexibility index (Phi) is 3.82. The molecule has 2 rings (SSSR count). The van der Waals surface area contributed by atoms with Gasteiger partial charge in [0.05, 0.1) is 19.4 Å². The highest BCUT2D eigenvalue weighted by molar-refractivity contribution is 5.72. The number of esters is 1. The number of imidazole rings is 1. The first-order chi connectivity index (χ1) is 8.20. The first-order valence-corrected chi connectivity index (χ1v) is 6.23. The Morgan fingerprint density at radius 2 is 2.18 bits per heavy atom. The second kappa shape index (κ2) is 5.34. The predicted molar refractivity (Wildman–Crippen MR) is 64.4 cm³/mol. The van der Waals surface area contributed by atoms with Gasteiger partial charge in [-0.05, 0) is 38.0 Å².